The molecule has 1 saturated heterocycles. The smallest absolute Gasteiger partial charge is 0.288 e. The van der Waals surface area contributed by atoms with E-state index in [0.29, 0.717) is 50.5 Å². The van der Waals surface area contributed by atoms with Crippen LogP contribution in [0, 0.1) is 10.1 Å². The van der Waals surface area contributed by atoms with Crippen LogP contribution in [0.3, 0.4) is 0 Å². The maximum atomic E-state index is 13.4. The maximum absolute atomic E-state index is 13.4. The number of nitro benzene ring substituents is 1. The van der Waals surface area contributed by atoms with E-state index in [1.165, 1.54) is 12.1 Å². The first-order valence-electron chi connectivity index (χ1n) is 13.7. The lowest BCUT2D eigenvalue weighted by molar-refractivity contribution is -0.384. The highest BCUT2D eigenvalue weighted by molar-refractivity contribution is 6.32. The number of carbonyl (C=O) groups is 2. The number of piperazine rings is 1. The molecule has 2 N–H and O–H groups in total. The summed E-state index contributed by atoms with van der Waals surface area (Å²) in [5.74, 6) is -0.0212. The molecule has 1 aliphatic heterocycles. The Balaban J connectivity index is 1.54. The number of amides is 2. The Morgan fingerprint density at radius 1 is 0.976 bits per heavy atom. The molecule has 0 saturated carbocycles. The molecule has 1 fully saturated rings. The summed E-state index contributed by atoms with van der Waals surface area (Å²) in [4.78, 5) is 41.3. The number of benzene rings is 3. The van der Waals surface area contributed by atoms with Crippen molar-refractivity contribution in [3.63, 3.8) is 0 Å². The quantitative estimate of drug-likeness (QED) is 0.170. The lowest BCUT2D eigenvalue weighted by Crippen LogP contribution is -2.47. The Kier molecular flexibility index (Phi) is 10.6. The third-order valence-corrected chi connectivity index (χ3v) is 7.23. The average Bonchev–Trinajstić information content (AvgIpc) is 3.01. The number of methoxy groups -OCH3 is 1. The van der Waals surface area contributed by atoms with Crippen molar-refractivity contribution in [2.75, 3.05) is 68.2 Å². The minimum atomic E-state index is -0.643. The van der Waals surface area contributed by atoms with Crippen molar-refractivity contribution in [3.05, 3.63) is 86.9 Å². The molecule has 0 aromatic heterocycles. The molecule has 3 aromatic rings. The Hall–Kier alpha value is -4.35. The number of carbonyl (C=O) groups excluding carboxylic acids is 2. The monoisotopic (exact) mass is 595 g/mol. The SMILES string of the molecule is CCOCCCNC(=O)c1cc(NC(=O)c2ccc(Cl)c([N+](=O)[O-])c2)ccc1N1CCN(c2ccccc2OC)CC1. The van der Waals surface area contributed by atoms with Crippen LogP contribution in [0.2, 0.25) is 5.02 Å². The van der Waals surface area contributed by atoms with Gasteiger partial charge in [-0.1, -0.05) is 23.7 Å². The van der Waals surface area contributed by atoms with Gasteiger partial charge in [0.05, 0.1) is 23.3 Å². The maximum Gasteiger partial charge on any atom is 0.288 e. The summed E-state index contributed by atoms with van der Waals surface area (Å²) >= 11 is 5.89. The summed E-state index contributed by atoms with van der Waals surface area (Å²) in [6, 6.07) is 16.9. The van der Waals surface area contributed by atoms with Gasteiger partial charge in [0.15, 0.2) is 0 Å². The van der Waals surface area contributed by atoms with Crippen molar-refractivity contribution in [2.45, 2.75) is 13.3 Å². The molecule has 3 aromatic carbocycles. The van der Waals surface area contributed by atoms with E-state index in [-0.39, 0.29) is 22.2 Å². The molecule has 1 aliphatic rings. The number of rotatable bonds is 12. The van der Waals surface area contributed by atoms with Crippen molar-refractivity contribution in [1.82, 2.24) is 5.32 Å². The van der Waals surface area contributed by atoms with Crippen LogP contribution >= 0.6 is 11.6 Å². The first-order valence-corrected chi connectivity index (χ1v) is 14.1. The molecule has 0 aliphatic carbocycles. The van der Waals surface area contributed by atoms with Crippen LogP contribution in [0.5, 0.6) is 5.75 Å². The molecule has 222 valence electrons. The standard InChI is InChI=1S/C30H34ClN5O6/c1-3-42-18-6-13-32-30(38)23-20-22(33-29(37)21-9-11-24(31)27(19-21)36(39)40)10-12-25(23)34-14-16-35(17-15-34)26-7-4-5-8-28(26)41-2/h4-5,7-12,19-20H,3,6,13-18H2,1-2H3,(H,32,38)(H,33,37). The number of nitrogens with zero attached hydrogens (tertiary/aromatic N) is 3. The molecule has 0 unspecified atom stereocenters. The van der Waals surface area contributed by atoms with E-state index in [4.69, 9.17) is 21.1 Å². The summed E-state index contributed by atoms with van der Waals surface area (Å²) in [5, 5.41) is 16.9. The number of nitrogens with one attached hydrogen (secondary N) is 2. The van der Waals surface area contributed by atoms with E-state index in [1.54, 1.807) is 19.2 Å². The molecule has 0 atom stereocenters. The fourth-order valence-electron chi connectivity index (χ4n) is 4.76. The predicted octanol–water partition coefficient (Wildman–Crippen LogP) is 4.99. The Morgan fingerprint density at radius 3 is 2.38 bits per heavy atom. The molecule has 4 rings (SSSR count). The van der Waals surface area contributed by atoms with E-state index in [9.17, 15) is 19.7 Å². The molecule has 0 spiro atoms. The van der Waals surface area contributed by atoms with Crippen LogP contribution in [0.1, 0.15) is 34.1 Å². The van der Waals surface area contributed by atoms with Crippen molar-refractivity contribution >= 4 is 46.2 Å². The van der Waals surface area contributed by atoms with E-state index >= 15 is 0 Å². The summed E-state index contributed by atoms with van der Waals surface area (Å²) in [7, 11) is 1.66. The van der Waals surface area contributed by atoms with Gasteiger partial charge in [-0.2, -0.15) is 0 Å². The third-order valence-electron chi connectivity index (χ3n) is 6.91. The zero-order valence-corrected chi connectivity index (χ0v) is 24.4. The third kappa shape index (κ3) is 7.48. The van der Waals surface area contributed by atoms with Gasteiger partial charge in [0.25, 0.3) is 17.5 Å². The zero-order valence-electron chi connectivity index (χ0n) is 23.6. The zero-order chi connectivity index (χ0) is 30.1. The summed E-state index contributed by atoms with van der Waals surface area (Å²) in [6.45, 7) is 6.29. The average molecular weight is 596 g/mol. The van der Waals surface area contributed by atoms with Gasteiger partial charge in [0, 0.05) is 68.9 Å². The number of hydrogen-bond donors (Lipinski definition) is 2. The van der Waals surface area contributed by atoms with Crippen molar-refractivity contribution in [3.8, 4) is 5.75 Å². The Labute approximate surface area is 249 Å². The number of nitro groups is 1. The predicted molar refractivity (Wildman–Crippen MR) is 163 cm³/mol. The Bertz CT molecular complexity index is 1430. The van der Waals surface area contributed by atoms with Gasteiger partial charge in [-0.25, -0.2) is 0 Å². The fourth-order valence-corrected chi connectivity index (χ4v) is 4.95. The molecule has 2 amide bonds. The Morgan fingerprint density at radius 2 is 1.69 bits per heavy atom. The largest absolute Gasteiger partial charge is 0.495 e. The summed E-state index contributed by atoms with van der Waals surface area (Å²) in [6.07, 6.45) is 0.665. The molecular formula is C30H34ClN5O6. The highest BCUT2D eigenvalue weighted by Gasteiger charge is 2.24. The number of anilines is 3. The molecule has 11 nitrogen and oxygen atoms in total. The van der Waals surface area contributed by atoms with E-state index in [2.05, 4.69) is 20.4 Å². The van der Waals surface area contributed by atoms with E-state index < -0.39 is 10.8 Å². The number of hydrogen-bond acceptors (Lipinski definition) is 8. The van der Waals surface area contributed by atoms with Gasteiger partial charge < -0.3 is 29.9 Å². The topological polar surface area (TPSA) is 126 Å². The lowest BCUT2D eigenvalue weighted by Gasteiger charge is -2.38. The van der Waals surface area contributed by atoms with Gasteiger partial charge >= 0.3 is 0 Å². The van der Waals surface area contributed by atoms with Crippen LogP contribution in [0.4, 0.5) is 22.7 Å². The first-order chi connectivity index (χ1) is 20.3. The number of halogens is 1. The number of para-hydroxylation sites is 2. The van der Waals surface area contributed by atoms with E-state index in [0.717, 1.165) is 36.3 Å². The van der Waals surface area contributed by atoms with Gasteiger partial charge in [-0.15, -0.1) is 0 Å². The molecule has 0 bridgehead atoms. The van der Waals surface area contributed by atoms with Crippen LogP contribution in [-0.4, -0.2) is 69.8 Å². The lowest BCUT2D eigenvalue weighted by atomic mass is 10.1. The summed E-state index contributed by atoms with van der Waals surface area (Å²) < 4.78 is 10.9. The van der Waals surface area contributed by atoms with Gasteiger partial charge in [-0.05, 0) is 55.8 Å². The van der Waals surface area contributed by atoms with Crippen molar-refractivity contribution in [1.29, 1.82) is 0 Å². The van der Waals surface area contributed by atoms with Gasteiger partial charge in [0.2, 0.25) is 0 Å². The second-order valence-electron chi connectivity index (χ2n) is 9.56. The van der Waals surface area contributed by atoms with E-state index in [1.807, 2.05) is 37.3 Å². The van der Waals surface area contributed by atoms with Crippen LogP contribution in [-0.2, 0) is 4.74 Å². The van der Waals surface area contributed by atoms with Crippen LogP contribution < -0.4 is 25.2 Å². The van der Waals surface area contributed by atoms with Crippen LogP contribution in [0.25, 0.3) is 0 Å². The molecule has 1 heterocycles. The normalized spacial score (nSPS) is 13.0. The van der Waals surface area contributed by atoms with Gasteiger partial charge in [0.1, 0.15) is 10.8 Å². The van der Waals surface area contributed by atoms with Crippen molar-refractivity contribution < 1.29 is 24.0 Å². The highest BCUT2D eigenvalue weighted by atomic mass is 35.5. The second kappa shape index (κ2) is 14.5. The van der Waals surface area contributed by atoms with Crippen LogP contribution in [0.15, 0.2) is 60.7 Å². The fraction of sp³-hybridized carbons (Fsp3) is 0.333. The molecule has 42 heavy (non-hydrogen) atoms. The first kappa shape index (κ1) is 30.6. The molecule has 12 heteroatoms. The summed E-state index contributed by atoms with van der Waals surface area (Å²) in [5.41, 5.74) is 2.28. The molecule has 0 radical (unpaired) electrons. The van der Waals surface area contributed by atoms with Crippen molar-refractivity contribution in [2.24, 2.45) is 0 Å². The number of ether oxygens (including phenoxy) is 2. The highest BCUT2D eigenvalue weighted by Crippen LogP contribution is 2.31. The molecular weight excluding hydrogens is 562 g/mol. The minimum Gasteiger partial charge on any atom is -0.495 e. The van der Waals surface area contributed by atoms with Gasteiger partial charge in [-0.3, -0.25) is 19.7 Å². The minimum absolute atomic E-state index is 0.0602. The second-order valence-corrected chi connectivity index (χ2v) is 9.97.